The highest BCUT2D eigenvalue weighted by atomic mass is 15.3. The summed E-state index contributed by atoms with van der Waals surface area (Å²) in [4.78, 5) is 2.41. The number of piperidine rings is 1. The zero-order valence-corrected chi connectivity index (χ0v) is 10.7. The van der Waals surface area contributed by atoms with Crippen molar-refractivity contribution >= 4 is 0 Å². The van der Waals surface area contributed by atoms with Gasteiger partial charge in [0.25, 0.3) is 0 Å². The molecule has 1 aromatic heterocycles. The second kappa shape index (κ2) is 4.89. The highest BCUT2D eigenvalue weighted by molar-refractivity contribution is 5.05. The molecule has 1 aromatic rings. The van der Waals surface area contributed by atoms with Gasteiger partial charge in [-0.25, -0.2) is 0 Å². The molecule has 0 aromatic carbocycles. The molecule has 1 saturated heterocycles. The van der Waals surface area contributed by atoms with Crippen LogP contribution in [-0.2, 0) is 13.1 Å². The molecule has 2 rings (SSSR count). The smallest absolute Gasteiger partial charge is 0.0687 e. The average Bonchev–Trinajstić information content (AvgIpc) is 2.80. The van der Waals surface area contributed by atoms with Gasteiger partial charge in [-0.15, -0.1) is 0 Å². The minimum atomic E-state index is -0.107. The fourth-order valence-corrected chi connectivity index (χ4v) is 2.24. The highest BCUT2D eigenvalue weighted by Gasteiger charge is 2.29. The molecule has 4 nitrogen and oxygen atoms in total. The zero-order valence-electron chi connectivity index (χ0n) is 10.7. The predicted octanol–water partition coefficient (Wildman–Crippen LogP) is 2.03. The van der Waals surface area contributed by atoms with Gasteiger partial charge >= 0.3 is 0 Å². The van der Waals surface area contributed by atoms with E-state index in [0.717, 1.165) is 39.0 Å². The van der Waals surface area contributed by atoms with Crippen molar-refractivity contribution in [2.45, 2.75) is 39.8 Å². The van der Waals surface area contributed by atoms with E-state index in [2.05, 4.69) is 36.1 Å². The minimum Gasteiger partial charge on any atom is -0.299 e. The molecule has 0 unspecified atom stereocenters. The van der Waals surface area contributed by atoms with Crippen LogP contribution in [0.15, 0.2) is 12.4 Å². The van der Waals surface area contributed by atoms with Crippen LogP contribution in [0.2, 0.25) is 0 Å². The van der Waals surface area contributed by atoms with Crippen LogP contribution in [0, 0.1) is 16.7 Å². The fourth-order valence-electron chi connectivity index (χ4n) is 2.24. The number of aromatic nitrogens is 2. The summed E-state index contributed by atoms with van der Waals surface area (Å²) in [6, 6.07) is 2.43. The van der Waals surface area contributed by atoms with Crippen LogP contribution >= 0.6 is 0 Å². The van der Waals surface area contributed by atoms with Gasteiger partial charge < -0.3 is 0 Å². The van der Waals surface area contributed by atoms with Crippen molar-refractivity contribution in [1.29, 1.82) is 5.26 Å². The molecule has 1 fully saturated rings. The number of nitrogens with zero attached hydrogens (tertiary/aromatic N) is 4. The molecular weight excluding hydrogens is 212 g/mol. The third-order valence-electron chi connectivity index (χ3n) is 3.65. The van der Waals surface area contributed by atoms with E-state index in [1.165, 1.54) is 5.56 Å². The van der Waals surface area contributed by atoms with E-state index in [-0.39, 0.29) is 5.41 Å². The van der Waals surface area contributed by atoms with Crippen molar-refractivity contribution in [3.63, 3.8) is 0 Å². The summed E-state index contributed by atoms with van der Waals surface area (Å²) < 4.78 is 1.96. The van der Waals surface area contributed by atoms with E-state index >= 15 is 0 Å². The molecule has 17 heavy (non-hydrogen) atoms. The largest absolute Gasteiger partial charge is 0.299 e. The molecule has 1 aliphatic heterocycles. The molecule has 0 aliphatic carbocycles. The number of hydrogen-bond acceptors (Lipinski definition) is 3. The lowest BCUT2D eigenvalue weighted by atomic mass is 9.82. The van der Waals surface area contributed by atoms with Gasteiger partial charge in [0.1, 0.15) is 0 Å². The summed E-state index contributed by atoms with van der Waals surface area (Å²) in [6.07, 6.45) is 6.01. The molecule has 2 heterocycles. The number of rotatable bonds is 3. The Morgan fingerprint density at radius 3 is 2.71 bits per heavy atom. The van der Waals surface area contributed by atoms with Crippen molar-refractivity contribution < 1.29 is 0 Å². The SMILES string of the molecule is CCn1cc(CN2CCC(C)(C#N)CC2)cn1. The van der Waals surface area contributed by atoms with Gasteiger partial charge in [0, 0.05) is 24.8 Å². The van der Waals surface area contributed by atoms with E-state index in [4.69, 9.17) is 5.26 Å². The van der Waals surface area contributed by atoms with Crippen molar-refractivity contribution in [2.24, 2.45) is 5.41 Å². The maximum absolute atomic E-state index is 9.08. The standard InChI is InChI=1S/C13H20N4/c1-3-17-10-12(8-15-17)9-16-6-4-13(2,11-14)5-7-16/h8,10H,3-7,9H2,1-2H3. The van der Waals surface area contributed by atoms with E-state index in [9.17, 15) is 0 Å². The number of aryl methyl sites for hydroxylation is 1. The van der Waals surface area contributed by atoms with Gasteiger partial charge in [-0.3, -0.25) is 9.58 Å². The normalized spacial score (nSPS) is 20.1. The van der Waals surface area contributed by atoms with Crippen LogP contribution in [0.1, 0.15) is 32.3 Å². The molecule has 0 atom stereocenters. The van der Waals surface area contributed by atoms with Crippen molar-refractivity contribution in [3.05, 3.63) is 18.0 Å². The summed E-state index contributed by atoms with van der Waals surface area (Å²) in [5, 5.41) is 13.4. The van der Waals surface area contributed by atoms with Gasteiger partial charge in [-0.2, -0.15) is 10.4 Å². The quantitative estimate of drug-likeness (QED) is 0.801. The molecule has 92 valence electrons. The van der Waals surface area contributed by atoms with Gasteiger partial charge in [0.05, 0.1) is 17.7 Å². The van der Waals surface area contributed by atoms with E-state index in [1.807, 2.05) is 10.9 Å². The fraction of sp³-hybridized carbons (Fsp3) is 0.692. The van der Waals surface area contributed by atoms with Crippen LogP contribution < -0.4 is 0 Å². The second-order valence-corrected chi connectivity index (χ2v) is 5.15. The summed E-state index contributed by atoms with van der Waals surface area (Å²) in [7, 11) is 0. The van der Waals surface area contributed by atoms with Crippen LogP contribution in [0.4, 0.5) is 0 Å². The van der Waals surface area contributed by atoms with Crippen LogP contribution in [-0.4, -0.2) is 27.8 Å². The molecule has 0 radical (unpaired) electrons. The molecule has 0 N–H and O–H groups in total. The van der Waals surface area contributed by atoms with Crippen molar-refractivity contribution in [2.75, 3.05) is 13.1 Å². The molecule has 0 amide bonds. The number of nitriles is 1. The average molecular weight is 232 g/mol. The molecule has 1 aliphatic rings. The van der Waals surface area contributed by atoms with E-state index < -0.39 is 0 Å². The lowest BCUT2D eigenvalue weighted by molar-refractivity contribution is 0.150. The predicted molar refractivity (Wildman–Crippen MR) is 66.1 cm³/mol. The summed E-state index contributed by atoms with van der Waals surface area (Å²) >= 11 is 0. The van der Waals surface area contributed by atoms with Crippen LogP contribution in [0.25, 0.3) is 0 Å². The first-order valence-electron chi connectivity index (χ1n) is 6.30. The second-order valence-electron chi connectivity index (χ2n) is 5.15. The first kappa shape index (κ1) is 12.1. The Labute approximate surface area is 103 Å². The van der Waals surface area contributed by atoms with Crippen LogP contribution in [0.5, 0.6) is 0 Å². The Morgan fingerprint density at radius 1 is 1.47 bits per heavy atom. The first-order valence-corrected chi connectivity index (χ1v) is 6.30. The number of hydrogen-bond donors (Lipinski definition) is 0. The highest BCUT2D eigenvalue weighted by Crippen LogP contribution is 2.30. The van der Waals surface area contributed by atoms with Crippen molar-refractivity contribution in [3.8, 4) is 6.07 Å². The van der Waals surface area contributed by atoms with Crippen molar-refractivity contribution in [1.82, 2.24) is 14.7 Å². The number of likely N-dealkylation sites (tertiary alicyclic amines) is 1. The van der Waals surface area contributed by atoms with Crippen LogP contribution in [0.3, 0.4) is 0 Å². The molecule has 0 saturated carbocycles. The molecule has 0 bridgehead atoms. The maximum Gasteiger partial charge on any atom is 0.0687 e. The summed E-state index contributed by atoms with van der Waals surface area (Å²) in [5.41, 5.74) is 1.16. The Morgan fingerprint density at radius 2 is 2.18 bits per heavy atom. The third-order valence-corrected chi connectivity index (χ3v) is 3.65. The van der Waals surface area contributed by atoms with Gasteiger partial charge in [0.15, 0.2) is 0 Å². The Kier molecular flexibility index (Phi) is 3.49. The monoisotopic (exact) mass is 232 g/mol. The zero-order chi connectivity index (χ0) is 12.3. The molecule has 4 heteroatoms. The van der Waals surface area contributed by atoms with E-state index in [0.29, 0.717) is 0 Å². The minimum absolute atomic E-state index is 0.107. The Hall–Kier alpha value is -1.34. The summed E-state index contributed by atoms with van der Waals surface area (Å²) in [5.74, 6) is 0. The topological polar surface area (TPSA) is 44.9 Å². The lowest BCUT2D eigenvalue weighted by Gasteiger charge is -2.34. The third kappa shape index (κ3) is 2.86. The molecule has 0 spiro atoms. The van der Waals surface area contributed by atoms with Gasteiger partial charge in [-0.1, -0.05) is 0 Å². The van der Waals surface area contributed by atoms with E-state index in [1.54, 1.807) is 0 Å². The maximum atomic E-state index is 9.08. The lowest BCUT2D eigenvalue weighted by Crippen LogP contribution is -2.37. The first-order chi connectivity index (χ1) is 8.15. The Bertz CT molecular complexity index is 407. The molecular formula is C13H20N4. The van der Waals surface area contributed by atoms with Gasteiger partial charge in [0.2, 0.25) is 0 Å². The van der Waals surface area contributed by atoms with Gasteiger partial charge in [-0.05, 0) is 39.8 Å². The summed E-state index contributed by atoms with van der Waals surface area (Å²) in [6.45, 7) is 8.08. The Balaban J connectivity index is 1.88.